The number of anilines is 1. The summed E-state index contributed by atoms with van der Waals surface area (Å²) in [6, 6.07) is 3.80. The summed E-state index contributed by atoms with van der Waals surface area (Å²) in [6.45, 7) is 1.39. The lowest BCUT2D eigenvalue weighted by Gasteiger charge is -2.18. The van der Waals surface area contributed by atoms with Crippen LogP contribution in [0, 0.1) is 17.0 Å². The highest BCUT2D eigenvalue weighted by molar-refractivity contribution is 7.90. The van der Waals surface area contributed by atoms with E-state index in [9.17, 15) is 23.3 Å². The fraction of sp³-hybridized carbons (Fsp3) is 0.364. The van der Waals surface area contributed by atoms with Gasteiger partial charge in [0.15, 0.2) is 0 Å². The Morgan fingerprint density at radius 3 is 2.62 bits per heavy atom. The van der Waals surface area contributed by atoms with Crippen LogP contribution in [0.3, 0.4) is 0 Å². The van der Waals surface area contributed by atoms with E-state index in [1.807, 2.05) is 0 Å². The van der Waals surface area contributed by atoms with Gasteiger partial charge in [-0.2, -0.15) is 12.7 Å². The van der Waals surface area contributed by atoms with Gasteiger partial charge in [-0.05, 0) is 12.5 Å². The van der Waals surface area contributed by atoms with E-state index in [0.29, 0.717) is 5.56 Å². The molecule has 0 aliphatic rings. The minimum Gasteiger partial charge on any atom is -0.481 e. The zero-order valence-electron chi connectivity index (χ0n) is 11.4. The first-order chi connectivity index (χ1) is 9.63. The normalized spacial score (nSPS) is 11.4. The van der Waals surface area contributed by atoms with Crippen LogP contribution in [0.4, 0.5) is 11.4 Å². The lowest BCUT2D eigenvalue weighted by atomic mass is 10.2. The Kier molecular flexibility index (Phi) is 5.22. The standard InChI is InChI=1S/C11H15N3O6S/c1-8-3-4-9(14(17)18)7-10(8)12-21(19,20)13(2)6-5-11(15)16/h3-4,7,12H,5-6H2,1-2H3,(H,15,16). The maximum atomic E-state index is 12.0. The Morgan fingerprint density at radius 1 is 1.48 bits per heavy atom. The summed E-state index contributed by atoms with van der Waals surface area (Å²) in [5.41, 5.74) is 0.341. The molecule has 0 atom stereocenters. The summed E-state index contributed by atoms with van der Waals surface area (Å²) in [4.78, 5) is 20.5. The number of hydrogen-bond donors (Lipinski definition) is 2. The molecule has 9 nitrogen and oxygen atoms in total. The first-order valence-corrected chi connectivity index (χ1v) is 7.28. The van der Waals surface area contributed by atoms with Gasteiger partial charge in [-0.3, -0.25) is 19.6 Å². The van der Waals surface area contributed by atoms with Crippen LogP contribution in [0.2, 0.25) is 0 Å². The van der Waals surface area contributed by atoms with Crippen LogP contribution in [0.5, 0.6) is 0 Å². The predicted octanol–water partition coefficient (Wildman–Crippen LogP) is 0.966. The van der Waals surface area contributed by atoms with Crippen molar-refractivity contribution in [2.45, 2.75) is 13.3 Å². The van der Waals surface area contributed by atoms with Crippen LogP contribution in [0.15, 0.2) is 18.2 Å². The minimum atomic E-state index is -3.98. The number of nitrogens with one attached hydrogen (secondary N) is 1. The molecule has 21 heavy (non-hydrogen) atoms. The fourth-order valence-electron chi connectivity index (χ4n) is 1.42. The molecule has 1 aromatic rings. The quantitative estimate of drug-likeness (QED) is 0.569. The number of hydrogen-bond acceptors (Lipinski definition) is 5. The second-order valence-corrected chi connectivity index (χ2v) is 6.11. The van der Waals surface area contributed by atoms with Crippen LogP contribution in [-0.2, 0) is 15.0 Å². The second-order valence-electron chi connectivity index (χ2n) is 4.33. The third-order valence-corrected chi connectivity index (χ3v) is 4.20. The van der Waals surface area contributed by atoms with Gasteiger partial charge < -0.3 is 5.11 Å². The molecule has 0 heterocycles. The molecule has 0 aliphatic heterocycles. The average Bonchev–Trinajstić information content (AvgIpc) is 2.37. The van der Waals surface area contributed by atoms with E-state index < -0.39 is 21.1 Å². The van der Waals surface area contributed by atoms with E-state index in [0.717, 1.165) is 10.4 Å². The molecule has 0 spiro atoms. The van der Waals surface area contributed by atoms with Crippen molar-refractivity contribution in [2.24, 2.45) is 0 Å². The lowest BCUT2D eigenvalue weighted by molar-refractivity contribution is -0.384. The van der Waals surface area contributed by atoms with E-state index in [1.165, 1.54) is 19.2 Å². The first kappa shape index (κ1) is 16.9. The second kappa shape index (κ2) is 6.50. The number of benzene rings is 1. The monoisotopic (exact) mass is 317 g/mol. The van der Waals surface area contributed by atoms with Crippen LogP contribution in [0.25, 0.3) is 0 Å². The molecule has 116 valence electrons. The van der Waals surface area contributed by atoms with Crippen molar-refractivity contribution in [1.82, 2.24) is 4.31 Å². The summed E-state index contributed by atoms with van der Waals surface area (Å²) in [5.74, 6) is -1.12. The molecule has 2 N–H and O–H groups in total. The lowest BCUT2D eigenvalue weighted by Crippen LogP contribution is -2.34. The molecular weight excluding hydrogens is 302 g/mol. The summed E-state index contributed by atoms with van der Waals surface area (Å²) in [6.07, 6.45) is -0.342. The van der Waals surface area contributed by atoms with E-state index in [4.69, 9.17) is 5.11 Å². The van der Waals surface area contributed by atoms with Gasteiger partial charge in [0.1, 0.15) is 0 Å². The molecule has 0 bridgehead atoms. The highest BCUT2D eigenvalue weighted by Gasteiger charge is 2.20. The third-order valence-electron chi connectivity index (χ3n) is 2.72. The van der Waals surface area contributed by atoms with Gasteiger partial charge in [-0.15, -0.1) is 0 Å². The van der Waals surface area contributed by atoms with Crippen molar-refractivity contribution in [3.63, 3.8) is 0 Å². The highest BCUT2D eigenvalue weighted by Crippen LogP contribution is 2.23. The number of non-ortho nitro benzene ring substituents is 1. The van der Waals surface area contributed by atoms with E-state index in [-0.39, 0.29) is 24.3 Å². The molecule has 0 aromatic heterocycles. The molecule has 1 rings (SSSR count). The Bertz CT molecular complexity index is 658. The van der Waals surface area contributed by atoms with E-state index in [2.05, 4.69) is 4.72 Å². The summed E-state index contributed by atoms with van der Waals surface area (Å²) in [5, 5.41) is 19.2. The molecule has 0 fully saturated rings. The highest BCUT2D eigenvalue weighted by atomic mass is 32.2. The van der Waals surface area contributed by atoms with Gasteiger partial charge in [0.25, 0.3) is 5.69 Å². The summed E-state index contributed by atoms with van der Waals surface area (Å²) >= 11 is 0. The number of carboxylic acid groups (broad SMARTS) is 1. The molecule has 0 saturated carbocycles. The Balaban J connectivity index is 2.95. The molecule has 1 aromatic carbocycles. The molecule has 0 radical (unpaired) electrons. The molecule has 0 saturated heterocycles. The molecule has 0 unspecified atom stereocenters. The summed E-state index contributed by atoms with van der Waals surface area (Å²) < 4.78 is 27.0. The molecule has 0 aliphatic carbocycles. The van der Waals surface area contributed by atoms with Crippen molar-refractivity contribution in [2.75, 3.05) is 18.3 Å². The Labute approximate surface area is 121 Å². The van der Waals surface area contributed by atoms with Gasteiger partial charge in [0, 0.05) is 25.7 Å². The third kappa shape index (κ3) is 4.68. The number of nitro benzene ring substituents is 1. The number of aryl methyl sites for hydroxylation is 1. The zero-order valence-corrected chi connectivity index (χ0v) is 12.3. The number of nitrogens with zero attached hydrogens (tertiary/aromatic N) is 2. The van der Waals surface area contributed by atoms with Crippen molar-refractivity contribution in [1.29, 1.82) is 0 Å². The maximum absolute atomic E-state index is 12.0. The van der Waals surface area contributed by atoms with Gasteiger partial charge in [-0.25, -0.2) is 0 Å². The smallest absolute Gasteiger partial charge is 0.304 e. The number of nitro groups is 1. The van der Waals surface area contributed by atoms with Crippen LogP contribution < -0.4 is 4.72 Å². The molecule has 10 heteroatoms. The van der Waals surface area contributed by atoms with E-state index in [1.54, 1.807) is 6.92 Å². The first-order valence-electron chi connectivity index (χ1n) is 5.84. The van der Waals surface area contributed by atoms with Gasteiger partial charge in [0.05, 0.1) is 17.0 Å². The Morgan fingerprint density at radius 2 is 2.10 bits per heavy atom. The number of rotatable bonds is 7. The van der Waals surface area contributed by atoms with Crippen molar-refractivity contribution in [3.05, 3.63) is 33.9 Å². The predicted molar refractivity (Wildman–Crippen MR) is 75.3 cm³/mol. The maximum Gasteiger partial charge on any atom is 0.304 e. The largest absolute Gasteiger partial charge is 0.481 e. The topological polar surface area (TPSA) is 130 Å². The average molecular weight is 317 g/mol. The van der Waals surface area contributed by atoms with Gasteiger partial charge in [0.2, 0.25) is 0 Å². The van der Waals surface area contributed by atoms with Crippen molar-refractivity contribution in [3.8, 4) is 0 Å². The number of aliphatic carboxylic acids is 1. The van der Waals surface area contributed by atoms with Crippen molar-refractivity contribution >= 4 is 27.6 Å². The van der Waals surface area contributed by atoms with Gasteiger partial charge in [-0.1, -0.05) is 6.07 Å². The number of carbonyl (C=O) groups is 1. The number of carboxylic acids is 1. The Hall–Kier alpha value is -2.20. The minimum absolute atomic E-state index is 0.0753. The van der Waals surface area contributed by atoms with Crippen LogP contribution in [-0.4, -0.2) is 42.3 Å². The fourth-order valence-corrected chi connectivity index (χ4v) is 2.41. The molecular formula is C11H15N3O6S. The molecule has 0 amide bonds. The van der Waals surface area contributed by atoms with Crippen LogP contribution in [0.1, 0.15) is 12.0 Å². The summed E-state index contributed by atoms with van der Waals surface area (Å²) in [7, 11) is -2.76. The SMILES string of the molecule is Cc1ccc([N+](=O)[O-])cc1NS(=O)(=O)N(C)CCC(=O)O. The van der Waals surface area contributed by atoms with Crippen LogP contribution >= 0.6 is 0 Å². The van der Waals surface area contributed by atoms with E-state index >= 15 is 0 Å². The van der Waals surface area contributed by atoms with Gasteiger partial charge >= 0.3 is 16.2 Å². The van der Waals surface area contributed by atoms with Crippen molar-refractivity contribution < 1.29 is 23.2 Å². The zero-order chi connectivity index (χ0) is 16.2.